The van der Waals surface area contributed by atoms with Gasteiger partial charge in [-0.3, -0.25) is 0 Å². The highest BCUT2D eigenvalue weighted by molar-refractivity contribution is 5.81. The van der Waals surface area contributed by atoms with Gasteiger partial charge in [-0.05, 0) is 19.1 Å². The summed E-state index contributed by atoms with van der Waals surface area (Å²) < 4.78 is 0. The van der Waals surface area contributed by atoms with Gasteiger partial charge in [0.25, 0.3) is 0 Å². The molecule has 0 aliphatic heterocycles. The van der Waals surface area contributed by atoms with Crippen LogP contribution in [0.15, 0.2) is 18.2 Å². The van der Waals surface area contributed by atoms with Gasteiger partial charge in [0, 0.05) is 11.6 Å². The van der Waals surface area contributed by atoms with Crippen molar-refractivity contribution in [1.82, 2.24) is 0 Å². The third-order valence-corrected chi connectivity index (χ3v) is 1.99. The zero-order valence-corrected chi connectivity index (χ0v) is 7.56. The average molecular weight is 197 g/mol. The lowest BCUT2D eigenvalue weighted by Gasteiger charge is -2.20. The number of phenolic OH excluding ortho intramolecular Hbond substituents is 2. The van der Waals surface area contributed by atoms with E-state index < -0.39 is 11.5 Å². The third kappa shape index (κ3) is 1.62. The van der Waals surface area contributed by atoms with Gasteiger partial charge in [0.15, 0.2) is 0 Å². The first-order valence-electron chi connectivity index (χ1n) is 3.90. The first-order valence-corrected chi connectivity index (χ1v) is 3.90. The van der Waals surface area contributed by atoms with E-state index in [9.17, 15) is 9.90 Å². The van der Waals surface area contributed by atoms with E-state index in [0.717, 1.165) is 6.07 Å². The second kappa shape index (κ2) is 3.19. The summed E-state index contributed by atoms with van der Waals surface area (Å²) in [6, 6.07) is 3.59. The van der Waals surface area contributed by atoms with E-state index in [-0.39, 0.29) is 17.1 Å². The number of aliphatic carboxylic acids is 1. The van der Waals surface area contributed by atoms with E-state index in [1.165, 1.54) is 19.1 Å². The zero-order chi connectivity index (χ0) is 10.9. The van der Waals surface area contributed by atoms with Gasteiger partial charge in [-0.1, -0.05) is 0 Å². The van der Waals surface area contributed by atoms with Crippen LogP contribution in [0.2, 0.25) is 0 Å². The van der Waals surface area contributed by atoms with Crippen LogP contribution in [0.4, 0.5) is 0 Å². The van der Waals surface area contributed by atoms with Crippen LogP contribution < -0.4 is 5.73 Å². The molecule has 1 aromatic carbocycles. The molecule has 0 bridgehead atoms. The molecule has 0 aliphatic rings. The topological polar surface area (TPSA) is 104 Å². The van der Waals surface area contributed by atoms with Gasteiger partial charge < -0.3 is 21.1 Å². The Balaban J connectivity index is 3.26. The van der Waals surface area contributed by atoms with E-state index in [0.29, 0.717) is 0 Å². The predicted molar refractivity (Wildman–Crippen MR) is 48.9 cm³/mol. The fourth-order valence-electron chi connectivity index (χ4n) is 1.07. The Morgan fingerprint density at radius 2 is 2.00 bits per heavy atom. The number of carboxylic acid groups (broad SMARTS) is 1. The Morgan fingerprint density at radius 1 is 1.43 bits per heavy atom. The van der Waals surface area contributed by atoms with Crippen molar-refractivity contribution in [3.05, 3.63) is 23.8 Å². The van der Waals surface area contributed by atoms with Crippen LogP contribution in [-0.4, -0.2) is 21.3 Å². The highest BCUT2D eigenvalue weighted by atomic mass is 16.4. The monoisotopic (exact) mass is 197 g/mol. The van der Waals surface area contributed by atoms with Crippen molar-refractivity contribution in [2.24, 2.45) is 5.73 Å². The standard InChI is InChI=1S/C9H11NO4/c1-9(10,8(13)14)6-3-2-5(11)4-7(6)12/h2-4,11-12H,10H2,1H3,(H,13,14)/t9-/m0/s1. The van der Waals surface area contributed by atoms with Crippen LogP contribution in [0.1, 0.15) is 12.5 Å². The number of benzene rings is 1. The van der Waals surface area contributed by atoms with Crippen LogP contribution in [0.3, 0.4) is 0 Å². The fraction of sp³-hybridized carbons (Fsp3) is 0.222. The van der Waals surface area contributed by atoms with Crippen molar-refractivity contribution in [1.29, 1.82) is 0 Å². The number of aromatic hydroxyl groups is 2. The summed E-state index contributed by atoms with van der Waals surface area (Å²) in [5.41, 5.74) is 3.88. The van der Waals surface area contributed by atoms with E-state index in [1.807, 2.05) is 0 Å². The molecule has 0 radical (unpaired) electrons. The normalized spacial score (nSPS) is 14.7. The molecule has 5 nitrogen and oxygen atoms in total. The summed E-state index contributed by atoms with van der Waals surface area (Å²) in [7, 11) is 0. The highest BCUT2D eigenvalue weighted by Crippen LogP contribution is 2.30. The quantitative estimate of drug-likeness (QED) is 0.548. The lowest BCUT2D eigenvalue weighted by Crippen LogP contribution is -2.41. The molecule has 76 valence electrons. The number of hydrogen-bond acceptors (Lipinski definition) is 4. The second-order valence-electron chi connectivity index (χ2n) is 3.21. The van der Waals surface area contributed by atoms with Crippen molar-refractivity contribution in [2.75, 3.05) is 0 Å². The molecule has 0 unspecified atom stereocenters. The molecule has 14 heavy (non-hydrogen) atoms. The number of phenols is 2. The summed E-state index contributed by atoms with van der Waals surface area (Å²) in [5, 5.41) is 27.2. The van der Waals surface area contributed by atoms with Crippen molar-refractivity contribution in [3.8, 4) is 11.5 Å². The van der Waals surface area contributed by atoms with Crippen LogP contribution in [0.25, 0.3) is 0 Å². The molecule has 0 saturated carbocycles. The van der Waals surface area contributed by atoms with E-state index in [4.69, 9.17) is 15.9 Å². The molecule has 0 spiro atoms. The Kier molecular flexibility index (Phi) is 2.35. The molecule has 0 aromatic heterocycles. The lowest BCUT2D eigenvalue weighted by atomic mass is 9.92. The average Bonchev–Trinajstić information content (AvgIpc) is 2.02. The summed E-state index contributed by atoms with van der Waals surface area (Å²) in [6.07, 6.45) is 0. The molecule has 0 saturated heterocycles. The molecule has 1 aromatic rings. The second-order valence-corrected chi connectivity index (χ2v) is 3.21. The molecule has 1 rings (SSSR count). The minimum absolute atomic E-state index is 0.0581. The van der Waals surface area contributed by atoms with Crippen LogP contribution in [0.5, 0.6) is 11.5 Å². The van der Waals surface area contributed by atoms with E-state index in [2.05, 4.69) is 0 Å². The molecule has 1 atom stereocenters. The summed E-state index contributed by atoms with van der Waals surface area (Å²) in [4.78, 5) is 10.8. The van der Waals surface area contributed by atoms with Gasteiger partial charge in [0.2, 0.25) is 0 Å². The van der Waals surface area contributed by atoms with Crippen LogP contribution in [0, 0.1) is 0 Å². The van der Waals surface area contributed by atoms with Crippen molar-refractivity contribution >= 4 is 5.97 Å². The number of rotatable bonds is 2. The Morgan fingerprint density at radius 3 is 2.43 bits per heavy atom. The Labute approximate surface area is 80.4 Å². The SMILES string of the molecule is C[C@@](N)(C(=O)O)c1ccc(O)cc1O. The summed E-state index contributed by atoms with van der Waals surface area (Å²) in [6.45, 7) is 1.27. The Hall–Kier alpha value is -1.75. The van der Waals surface area contributed by atoms with Crippen LogP contribution >= 0.6 is 0 Å². The van der Waals surface area contributed by atoms with E-state index >= 15 is 0 Å². The first-order chi connectivity index (χ1) is 6.35. The van der Waals surface area contributed by atoms with Crippen molar-refractivity contribution in [2.45, 2.75) is 12.5 Å². The smallest absolute Gasteiger partial charge is 0.328 e. The number of hydrogen-bond donors (Lipinski definition) is 4. The maximum absolute atomic E-state index is 10.8. The molecular formula is C9H11NO4. The number of nitrogens with two attached hydrogens (primary N) is 1. The Bertz CT molecular complexity index is 373. The van der Waals surface area contributed by atoms with Crippen LogP contribution in [-0.2, 0) is 10.3 Å². The van der Waals surface area contributed by atoms with Gasteiger partial charge in [-0.25, -0.2) is 4.79 Å². The van der Waals surface area contributed by atoms with Crippen molar-refractivity contribution < 1.29 is 20.1 Å². The van der Waals surface area contributed by atoms with Gasteiger partial charge in [-0.2, -0.15) is 0 Å². The maximum atomic E-state index is 10.8. The molecule has 0 heterocycles. The molecule has 0 fully saturated rings. The third-order valence-electron chi connectivity index (χ3n) is 1.99. The first kappa shape index (κ1) is 10.3. The maximum Gasteiger partial charge on any atom is 0.328 e. The van der Waals surface area contributed by atoms with Gasteiger partial charge >= 0.3 is 5.97 Å². The fourth-order valence-corrected chi connectivity index (χ4v) is 1.07. The summed E-state index contributed by atoms with van der Waals surface area (Å²) in [5.74, 6) is -1.73. The minimum atomic E-state index is -1.67. The number of carbonyl (C=O) groups is 1. The van der Waals surface area contributed by atoms with Gasteiger partial charge in [-0.15, -0.1) is 0 Å². The summed E-state index contributed by atoms with van der Waals surface area (Å²) >= 11 is 0. The minimum Gasteiger partial charge on any atom is -0.508 e. The lowest BCUT2D eigenvalue weighted by molar-refractivity contribution is -0.143. The molecule has 0 amide bonds. The molecular weight excluding hydrogens is 186 g/mol. The van der Waals surface area contributed by atoms with Gasteiger partial charge in [0.1, 0.15) is 17.0 Å². The molecule has 0 aliphatic carbocycles. The van der Waals surface area contributed by atoms with Crippen molar-refractivity contribution in [3.63, 3.8) is 0 Å². The van der Waals surface area contributed by atoms with E-state index in [1.54, 1.807) is 0 Å². The molecule has 5 N–H and O–H groups in total. The largest absolute Gasteiger partial charge is 0.508 e. The van der Waals surface area contributed by atoms with Gasteiger partial charge in [0.05, 0.1) is 0 Å². The zero-order valence-electron chi connectivity index (χ0n) is 7.56. The number of carboxylic acids is 1. The highest BCUT2D eigenvalue weighted by Gasteiger charge is 2.32. The molecule has 5 heteroatoms. The predicted octanol–water partition coefficient (Wildman–Crippen LogP) is 0.356.